The highest BCUT2D eigenvalue weighted by Crippen LogP contribution is 2.50. The van der Waals surface area contributed by atoms with Gasteiger partial charge in [-0.3, -0.25) is 4.79 Å². The van der Waals surface area contributed by atoms with Gasteiger partial charge in [-0.2, -0.15) is 0 Å². The zero-order valence-electron chi connectivity index (χ0n) is 26.0. The van der Waals surface area contributed by atoms with Crippen molar-refractivity contribution in [3.63, 3.8) is 0 Å². The lowest BCUT2D eigenvalue weighted by Gasteiger charge is -2.30. The molecule has 47 heavy (non-hydrogen) atoms. The molecule has 9 rings (SSSR count). The minimum atomic E-state index is 0.0480. The molecule has 224 valence electrons. The summed E-state index contributed by atoms with van der Waals surface area (Å²) in [6.45, 7) is 1.66. The number of anilines is 2. The van der Waals surface area contributed by atoms with Crippen molar-refractivity contribution in [1.82, 2.24) is 4.57 Å². The smallest absolute Gasteiger partial charge is 0.159 e. The van der Waals surface area contributed by atoms with E-state index in [2.05, 4.69) is 173 Å². The number of aromatic nitrogens is 1. The molecule has 0 amide bonds. The van der Waals surface area contributed by atoms with Gasteiger partial charge in [0, 0.05) is 44.8 Å². The van der Waals surface area contributed by atoms with Gasteiger partial charge in [-0.05, 0) is 72.1 Å². The summed E-state index contributed by atoms with van der Waals surface area (Å²) < 4.78 is 2.36. The SMILES string of the molecule is CC(=O)c1cc(-c2ccccc2N2c3ccccc3C3C=CC=CC32)cc(-c2ccccc2-n2c3ccccc3c3ccccc32)c1. The van der Waals surface area contributed by atoms with E-state index in [1.807, 2.05) is 0 Å². The minimum Gasteiger partial charge on any atom is -0.333 e. The lowest BCUT2D eigenvalue weighted by molar-refractivity contribution is 0.101. The maximum absolute atomic E-state index is 13.1. The van der Waals surface area contributed by atoms with Crippen molar-refractivity contribution in [2.75, 3.05) is 4.90 Å². The Labute approximate surface area is 274 Å². The van der Waals surface area contributed by atoms with E-state index in [0.29, 0.717) is 11.5 Å². The zero-order chi connectivity index (χ0) is 31.5. The molecular formula is C44H32N2O. The summed E-state index contributed by atoms with van der Waals surface area (Å²) in [7, 11) is 0. The second-order valence-electron chi connectivity index (χ2n) is 12.5. The molecule has 0 radical (unpaired) electrons. The maximum atomic E-state index is 13.1. The molecule has 7 aromatic rings. The monoisotopic (exact) mass is 604 g/mol. The number of para-hydroxylation sites is 5. The van der Waals surface area contributed by atoms with E-state index in [1.165, 1.54) is 22.0 Å². The first-order valence-electron chi connectivity index (χ1n) is 16.2. The van der Waals surface area contributed by atoms with Gasteiger partial charge >= 0.3 is 0 Å². The van der Waals surface area contributed by atoms with Gasteiger partial charge in [0.1, 0.15) is 0 Å². The number of carbonyl (C=O) groups excluding carboxylic acids is 1. The molecule has 0 saturated heterocycles. The highest BCUT2D eigenvalue weighted by Gasteiger charge is 2.37. The number of rotatable bonds is 5. The summed E-state index contributed by atoms with van der Waals surface area (Å²) in [5, 5.41) is 2.45. The van der Waals surface area contributed by atoms with Gasteiger partial charge in [0.25, 0.3) is 0 Å². The summed E-state index contributed by atoms with van der Waals surface area (Å²) in [6.07, 6.45) is 8.93. The molecule has 1 aromatic heterocycles. The van der Waals surface area contributed by atoms with Crippen molar-refractivity contribution in [1.29, 1.82) is 0 Å². The van der Waals surface area contributed by atoms with Crippen LogP contribution in [0.3, 0.4) is 0 Å². The van der Waals surface area contributed by atoms with Crippen LogP contribution in [0.1, 0.15) is 28.8 Å². The second-order valence-corrected chi connectivity index (χ2v) is 12.5. The Morgan fingerprint density at radius 2 is 1.09 bits per heavy atom. The van der Waals surface area contributed by atoms with Gasteiger partial charge in [0.05, 0.1) is 22.8 Å². The average molecular weight is 605 g/mol. The summed E-state index contributed by atoms with van der Waals surface area (Å²) in [4.78, 5) is 15.6. The number of ketones is 1. The van der Waals surface area contributed by atoms with Gasteiger partial charge in [-0.25, -0.2) is 0 Å². The number of carbonyl (C=O) groups is 1. The lowest BCUT2D eigenvalue weighted by Crippen LogP contribution is -2.28. The van der Waals surface area contributed by atoms with E-state index in [0.717, 1.165) is 44.7 Å². The molecule has 2 aliphatic rings. The molecule has 0 fully saturated rings. The summed E-state index contributed by atoms with van der Waals surface area (Å²) >= 11 is 0. The molecule has 3 heteroatoms. The molecule has 6 aromatic carbocycles. The Balaban J connectivity index is 1.26. The molecular weight excluding hydrogens is 572 g/mol. The van der Waals surface area contributed by atoms with Crippen LogP contribution >= 0.6 is 0 Å². The van der Waals surface area contributed by atoms with Crippen LogP contribution in [0.15, 0.2) is 164 Å². The van der Waals surface area contributed by atoms with Crippen LogP contribution in [0.5, 0.6) is 0 Å². The van der Waals surface area contributed by atoms with E-state index < -0.39 is 0 Å². The fourth-order valence-electron chi connectivity index (χ4n) is 7.73. The van der Waals surface area contributed by atoms with Crippen molar-refractivity contribution in [2.45, 2.75) is 18.9 Å². The number of benzene rings is 6. The van der Waals surface area contributed by atoms with Crippen LogP contribution in [-0.4, -0.2) is 16.4 Å². The van der Waals surface area contributed by atoms with Crippen molar-refractivity contribution >= 4 is 39.0 Å². The summed E-state index contributed by atoms with van der Waals surface area (Å²) in [6, 6.07) is 49.6. The van der Waals surface area contributed by atoms with Gasteiger partial charge in [0.15, 0.2) is 5.78 Å². The molecule has 0 saturated carbocycles. The zero-order valence-corrected chi connectivity index (χ0v) is 26.0. The molecule has 1 aliphatic heterocycles. The molecule has 1 aliphatic carbocycles. The van der Waals surface area contributed by atoms with Crippen molar-refractivity contribution in [3.8, 4) is 27.9 Å². The summed E-state index contributed by atoms with van der Waals surface area (Å²) in [5.41, 5.74) is 12.0. The largest absolute Gasteiger partial charge is 0.333 e. The lowest BCUT2D eigenvalue weighted by atomic mass is 9.91. The number of fused-ring (bicyclic) bond motifs is 6. The number of hydrogen-bond acceptors (Lipinski definition) is 2. The maximum Gasteiger partial charge on any atom is 0.159 e. The van der Waals surface area contributed by atoms with E-state index in [-0.39, 0.29) is 11.8 Å². The normalized spacial score (nSPS) is 16.5. The third-order valence-corrected chi connectivity index (χ3v) is 9.81. The Kier molecular flexibility index (Phi) is 6.32. The van der Waals surface area contributed by atoms with Gasteiger partial charge in [0.2, 0.25) is 0 Å². The van der Waals surface area contributed by atoms with Crippen molar-refractivity contribution in [2.24, 2.45) is 0 Å². The Morgan fingerprint density at radius 3 is 1.77 bits per heavy atom. The first-order chi connectivity index (χ1) is 23.2. The van der Waals surface area contributed by atoms with E-state index in [4.69, 9.17) is 0 Å². The average Bonchev–Trinajstić information content (AvgIpc) is 3.64. The molecule has 3 nitrogen and oxygen atoms in total. The van der Waals surface area contributed by atoms with Crippen molar-refractivity contribution < 1.29 is 4.79 Å². The van der Waals surface area contributed by atoms with Gasteiger partial charge < -0.3 is 9.47 Å². The first-order valence-corrected chi connectivity index (χ1v) is 16.2. The highest BCUT2D eigenvalue weighted by atomic mass is 16.1. The third kappa shape index (κ3) is 4.31. The molecule has 2 atom stereocenters. The quantitative estimate of drug-likeness (QED) is 0.183. The third-order valence-electron chi connectivity index (χ3n) is 9.81. The van der Waals surface area contributed by atoms with Crippen molar-refractivity contribution in [3.05, 3.63) is 175 Å². The number of Topliss-reactive ketones (excluding diaryl/α,β-unsaturated/α-hetero) is 1. The van der Waals surface area contributed by atoms with E-state index in [9.17, 15) is 4.79 Å². The molecule has 2 unspecified atom stereocenters. The van der Waals surface area contributed by atoms with Crippen LogP contribution in [0.25, 0.3) is 49.7 Å². The fraction of sp³-hybridized carbons (Fsp3) is 0.0682. The highest BCUT2D eigenvalue weighted by molar-refractivity contribution is 6.10. The van der Waals surface area contributed by atoms with Crippen LogP contribution in [0.2, 0.25) is 0 Å². The minimum absolute atomic E-state index is 0.0480. The Morgan fingerprint density at radius 1 is 0.553 bits per heavy atom. The second kappa shape index (κ2) is 10.9. The van der Waals surface area contributed by atoms with Gasteiger partial charge in [-0.1, -0.05) is 115 Å². The van der Waals surface area contributed by atoms with E-state index >= 15 is 0 Å². The number of allylic oxidation sites excluding steroid dienone is 2. The molecule has 2 heterocycles. The van der Waals surface area contributed by atoms with Gasteiger partial charge in [-0.15, -0.1) is 0 Å². The standard InChI is InChI=1S/C44H32N2O/c1-29(47)30-26-31(33-14-2-8-20-39(33)45-41-22-10-4-16-35(41)36-17-5-11-23-42(36)45)28-32(27-30)34-15-3-9-21-40(34)46-43-24-12-6-18-37(43)38-19-7-13-25-44(38)46/h2-28,35,41H,1H3. The predicted octanol–water partition coefficient (Wildman–Crippen LogP) is 11.1. The predicted molar refractivity (Wildman–Crippen MR) is 195 cm³/mol. The fourth-order valence-corrected chi connectivity index (χ4v) is 7.73. The summed E-state index contributed by atoms with van der Waals surface area (Å²) in [5.74, 6) is 0.341. The molecule has 0 bridgehead atoms. The van der Waals surface area contributed by atoms with Crippen LogP contribution in [0.4, 0.5) is 11.4 Å². The van der Waals surface area contributed by atoms with Crippen LogP contribution in [-0.2, 0) is 0 Å². The first kappa shape index (κ1) is 27.4. The van der Waals surface area contributed by atoms with E-state index in [1.54, 1.807) is 6.92 Å². The number of hydrogen-bond donors (Lipinski definition) is 0. The van der Waals surface area contributed by atoms with Crippen LogP contribution in [0, 0.1) is 0 Å². The van der Waals surface area contributed by atoms with Crippen LogP contribution < -0.4 is 4.90 Å². The Bertz CT molecular complexity index is 2370. The molecule has 0 N–H and O–H groups in total. The number of nitrogens with zero attached hydrogens (tertiary/aromatic N) is 2. The molecule has 0 spiro atoms. The Hall–Kier alpha value is -5.93. The topological polar surface area (TPSA) is 25.2 Å².